The Kier molecular flexibility index (Phi) is 5.09. The molecule has 1 amide bonds. The second-order valence-corrected chi connectivity index (χ2v) is 6.08. The topological polar surface area (TPSA) is 55.1 Å². The maximum atomic E-state index is 11.9. The Morgan fingerprint density at radius 2 is 2.00 bits per heavy atom. The first kappa shape index (κ1) is 14.9. The van der Waals surface area contributed by atoms with E-state index in [9.17, 15) is 4.79 Å². The summed E-state index contributed by atoms with van der Waals surface area (Å²) in [5, 5.41) is 2.79. The van der Waals surface area contributed by atoms with Crippen LogP contribution in [0.3, 0.4) is 0 Å². The molecule has 0 bridgehead atoms. The first-order valence-electron chi connectivity index (χ1n) is 6.22. The zero-order valence-corrected chi connectivity index (χ0v) is 13.4. The molecule has 2 rings (SSSR count). The van der Waals surface area contributed by atoms with Crippen molar-refractivity contribution in [3.8, 4) is 0 Å². The number of anilines is 1. The average Bonchev–Trinajstić information content (AvgIpc) is 2.44. The highest BCUT2D eigenvalue weighted by molar-refractivity contribution is 9.10. The van der Waals surface area contributed by atoms with Gasteiger partial charge in [0.2, 0.25) is 0 Å². The molecule has 20 heavy (non-hydrogen) atoms. The zero-order chi connectivity index (χ0) is 14.5. The molecule has 0 aliphatic heterocycles. The summed E-state index contributed by atoms with van der Waals surface area (Å²) in [4.78, 5) is 13.8. The van der Waals surface area contributed by atoms with Crippen LogP contribution >= 0.6 is 27.7 Å². The summed E-state index contributed by atoms with van der Waals surface area (Å²) < 4.78 is 1.01. The van der Waals surface area contributed by atoms with Crippen molar-refractivity contribution in [1.82, 2.24) is 5.32 Å². The molecule has 3 nitrogen and oxygen atoms in total. The van der Waals surface area contributed by atoms with Crippen molar-refractivity contribution in [2.75, 3.05) is 12.3 Å². The summed E-state index contributed by atoms with van der Waals surface area (Å²) in [5.74, 6) is -0.0820. The lowest BCUT2D eigenvalue weighted by molar-refractivity contribution is 0.0955. The van der Waals surface area contributed by atoms with E-state index in [0.717, 1.165) is 14.3 Å². The lowest BCUT2D eigenvalue weighted by atomic mass is 10.2. The second kappa shape index (κ2) is 6.81. The van der Waals surface area contributed by atoms with Crippen LogP contribution < -0.4 is 11.1 Å². The molecule has 0 atom stereocenters. The molecule has 2 aromatic rings. The van der Waals surface area contributed by atoms with Gasteiger partial charge in [-0.3, -0.25) is 4.79 Å². The second-order valence-electron chi connectivity index (χ2n) is 4.14. The van der Waals surface area contributed by atoms with Gasteiger partial charge in [0, 0.05) is 32.1 Å². The molecular formula is C15H15BrN2OS. The van der Waals surface area contributed by atoms with E-state index in [-0.39, 0.29) is 5.91 Å². The normalized spacial score (nSPS) is 10.3. The highest BCUT2D eigenvalue weighted by atomic mass is 79.9. The van der Waals surface area contributed by atoms with Crippen molar-refractivity contribution >= 4 is 39.3 Å². The Morgan fingerprint density at radius 3 is 2.70 bits per heavy atom. The van der Waals surface area contributed by atoms with E-state index in [1.54, 1.807) is 12.1 Å². The minimum Gasteiger partial charge on any atom is -0.398 e. The molecule has 2 aromatic carbocycles. The maximum Gasteiger partial charge on any atom is 0.251 e. The molecule has 3 N–H and O–H groups in total. The van der Waals surface area contributed by atoms with Crippen LogP contribution in [0.15, 0.2) is 56.7 Å². The number of nitrogen functional groups attached to an aromatic ring is 1. The molecule has 0 radical (unpaired) electrons. The number of nitrogens with one attached hydrogen (secondary N) is 1. The number of hydrogen-bond donors (Lipinski definition) is 2. The molecule has 0 spiro atoms. The van der Waals surface area contributed by atoms with E-state index in [1.807, 2.05) is 37.3 Å². The number of benzene rings is 2. The Hall–Kier alpha value is -1.46. The highest BCUT2D eigenvalue weighted by Crippen LogP contribution is 2.36. The molecule has 0 heterocycles. The molecule has 5 heteroatoms. The van der Waals surface area contributed by atoms with Crippen molar-refractivity contribution in [1.29, 1.82) is 0 Å². The van der Waals surface area contributed by atoms with E-state index >= 15 is 0 Å². The van der Waals surface area contributed by atoms with Crippen molar-refractivity contribution in [3.05, 3.63) is 52.5 Å². The number of halogens is 1. The number of rotatable bonds is 4. The first-order valence-corrected chi connectivity index (χ1v) is 7.83. The van der Waals surface area contributed by atoms with Gasteiger partial charge in [0.25, 0.3) is 5.91 Å². The fourth-order valence-corrected chi connectivity index (χ4v) is 3.12. The molecule has 0 saturated carbocycles. The standard InChI is InChI=1S/C15H15BrN2OS/c1-2-18-15(19)10-7-8-12(17)14(9-10)20-13-6-4-3-5-11(13)16/h3-9H,2,17H2,1H3,(H,18,19). The first-order chi connectivity index (χ1) is 9.61. The van der Waals surface area contributed by atoms with E-state index in [0.29, 0.717) is 17.8 Å². The molecule has 0 saturated heterocycles. The maximum absolute atomic E-state index is 11.9. The monoisotopic (exact) mass is 350 g/mol. The molecule has 0 aliphatic rings. The summed E-state index contributed by atoms with van der Waals surface area (Å²) in [7, 11) is 0. The minimum atomic E-state index is -0.0820. The number of carbonyl (C=O) groups is 1. The average molecular weight is 351 g/mol. The third kappa shape index (κ3) is 3.55. The number of amides is 1. The number of nitrogens with two attached hydrogens (primary N) is 1. The molecule has 104 valence electrons. The fourth-order valence-electron chi connectivity index (χ4n) is 1.67. The van der Waals surface area contributed by atoms with Gasteiger partial charge in [0.15, 0.2) is 0 Å². The molecule has 0 unspecified atom stereocenters. The lowest BCUT2D eigenvalue weighted by Gasteiger charge is -2.09. The zero-order valence-electron chi connectivity index (χ0n) is 11.0. The van der Waals surface area contributed by atoms with Crippen LogP contribution in [-0.2, 0) is 0 Å². The van der Waals surface area contributed by atoms with Crippen LogP contribution in [0.25, 0.3) is 0 Å². The van der Waals surface area contributed by atoms with Crippen molar-refractivity contribution in [2.24, 2.45) is 0 Å². The largest absolute Gasteiger partial charge is 0.398 e. The van der Waals surface area contributed by atoms with E-state index in [1.165, 1.54) is 11.8 Å². The van der Waals surface area contributed by atoms with Gasteiger partial charge < -0.3 is 11.1 Å². The predicted octanol–water partition coefficient (Wildman–Crippen LogP) is 3.93. The fraction of sp³-hybridized carbons (Fsp3) is 0.133. The smallest absolute Gasteiger partial charge is 0.251 e. The van der Waals surface area contributed by atoms with Crippen LogP contribution in [0, 0.1) is 0 Å². The van der Waals surface area contributed by atoms with Crippen LogP contribution in [0.4, 0.5) is 5.69 Å². The Labute approximate surface area is 131 Å². The van der Waals surface area contributed by atoms with Crippen molar-refractivity contribution in [2.45, 2.75) is 16.7 Å². The van der Waals surface area contributed by atoms with E-state index < -0.39 is 0 Å². The molecule has 0 fully saturated rings. The Balaban J connectivity index is 2.30. The summed E-state index contributed by atoms with van der Waals surface area (Å²) in [6, 6.07) is 13.2. The summed E-state index contributed by atoms with van der Waals surface area (Å²) in [6.45, 7) is 2.50. The summed E-state index contributed by atoms with van der Waals surface area (Å²) in [6.07, 6.45) is 0. The van der Waals surface area contributed by atoms with Gasteiger partial charge in [-0.1, -0.05) is 23.9 Å². The molecular weight excluding hydrogens is 336 g/mol. The van der Waals surface area contributed by atoms with Crippen LogP contribution in [-0.4, -0.2) is 12.5 Å². The van der Waals surface area contributed by atoms with Crippen LogP contribution in [0.1, 0.15) is 17.3 Å². The Bertz CT molecular complexity index is 631. The Morgan fingerprint density at radius 1 is 1.25 bits per heavy atom. The van der Waals surface area contributed by atoms with Gasteiger partial charge in [-0.25, -0.2) is 0 Å². The SMILES string of the molecule is CCNC(=O)c1ccc(N)c(Sc2ccccc2Br)c1. The van der Waals surface area contributed by atoms with Gasteiger partial charge in [-0.15, -0.1) is 0 Å². The van der Waals surface area contributed by atoms with Crippen molar-refractivity contribution in [3.63, 3.8) is 0 Å². The highest BCUT2D eigenvalue weighted by Gasteiger charge is 2.10. The summed E-state index contributed by atoms with van der Waals surface area (Å²) in [5.41, 5.74) is 7.28. The van der Waals surface area contributed by atoms with Gasteiger partial charge in [0.05, 0.1) is 0 Å². The third-order valence-electron chi connectivity index (χ3n) is 2.67. The molecule has 0 aromatic heterocycles. The van der Waals surface area contributed by atoms with Crippen LogP contribution in [0.2, 0.25) is 0 Å². The van der Waals surface area contributed by atoms with E-state index in [4.69, 9.17) is 5.73 Å². The number of hydrogen-bond acceptors (Lipinski definition) is 3. The van der Waals surface area contributed by atoms with Crippen molar-refractivity contribution < 1.29 is 4.79 Å². The quantitative estimate of drug-likeness (QED) is 0.821. The summed E-state index contributed by atoms with van der Waals surface area (Å²) >= 11 is 5.05. The predicted molar refractivity (Wildman–Crippen MR) is 87.1 cm³/mol. The number of carbonyl (C=O) groups excluding carboxylic acids is 1. The van der Waals surface area contributed by atoms with Gasteiger partial charge in [-0.05, 0) is 53.2 Å². The van der Waals surface area contributed by atoms with Gasteiger partial charge in [0.1, 0.15) is 0 Å². The lowest BCUT2D eigenvalue weighted by Crippen LogP contribution is -2.22. The van der Waals surface area contributed by atoms with E-state index in [2.05, 4.69) is 21.2 Å². The van der Waals surface area contributed by atoms with Gasteiger partial charge in [-0.2, -0.15) is 0 Å². The molecule has 0 aliphatic carbocycles. The minimum absolute atomic E-state index is 0.0820. The third-order valence-corrected chi connectivity index (χ3v) is 4.77. The van der Waals surface area contributed by atoms with Crippen LogP contribution in [0.5, 0.6) is 0 Å². The van der Waals surface area contributed by atoms with Gasteiger partial charge >= 0.3 is 0 Å².